The Morgan fingerprint density at radius 2 is 1.77 bits per heavy atom. The lowest BCUT2D eigenvalue weighted by Crippen LogP contribution is -2.38. The molecule has 2 aliphatic rings. The lowest BCUT2D eigenvalue weighted by Gasteiger charge is -2.23. The number of aliphatic imine (C=N–C) groups is 1. The molecule has 1 fully saturated rings. The molecule has 3 rings (SSSR count). The fourth-order valence-electron chi connectivity index (χ4n) is 4.28. The van der Waals surface area contributed by atoms with Gasteiger partial charge in [-0.05, 0) is 64.2 Å². The zero-order valence-corrected chi connectivity index (χ0v) is 21.7. The van der Waals surface area contributed by atoms with Crippen LogP contribution in [0.15, 0.2) is 28.8 Å². The molecule has 1 heterocycles. The Bertz CT molecular complexity index is 1040. The maximum Gasteiger partial charge on any atom is 0.413 e. The molecule has 2 amide bonds. The summed E-state index contributed by atoms with van der Waals surface area (Å²) in [6.45, 7) is 10.8. The first-order valence-corrected chi connectivity index (χ1v) is 12.3. The van der Waals surface area contributed by atoms with Crippen LogP contribution in [0.1, 0.15) is 77.8 Å². The van der Waals surface area contributed by atoms with Crippen LogP contribution in [0.5, 0.6) is 0 Å². The van der Waals surface area contributed by atoms with E-state index in [-0.39, 0.29) is 18.3 Å². The minimum Gasteiger partial charge on any atom is -0.468 e. The number of carbonyl (C=O) groups is 3. The van der Waals surface area contributed by atoms with Gasteiger partial charge in [0.15, 0.2) is 0 Å². The van der Waals surface area contributed by atoms with Gasteiger partial charge >= 0.3 is 12.1 Å². The van der Waals surface area contributed by atoms with Crippen LogP contribution in [0.2, 0.25) is 0 Å². The van der Waals surface area contributed by atoms with E-state index in [1.54, 1.807) is 20.8 Å². The molecule has 1 aliphatic heterocycles. The fraction of sp³-hybridized carbons (Fsp3) is 0.556. The molecule has 8 heteroatoms. The van der Waals surface area contributed by atoms with Gasteiger partial charge in [-0.3, -0.25) is 14.9 Å². The average molecular weight is 484 g/mol. The molecule has 0 bridgehead atoms. The summed E-state index contributed by atoms with van der Waals surface area (Å²) < 4.78 is 10.4. The van der Waals surface area contributed by atoms with Crippen LogP contribution in [0.4, 0.5) is 10.5 Å². The number of carbonyl (C=O) groups excluding carboxylic acids is 3. The third-order valence-electron chi connectivity index (χ3n) is 6.05. The smallest absolute Gasteiger partial charge is 0.413 e. The largest absolute Gasteiger partial charge is 0.468 e. The maximum atomic E-state index is 13.5. The number of methoxy groups -OCH3 is 1. The number of fused-ring (bicyclic) bond motifs is 1. The number of alkyl carbamates (subject to hydrolysis) is 1. The summed E-state index contributed by atoms with van der Waals surface area (Å²) >= 11 is 0. The van der Waals surface area contributed by atoms with E-state index in [0.29, 0.717) is 43.0 Å². The van der Waals surface area contributed by atoms with Gasteiger partial charge in [0.1, 0.15) is 11.4 Å². The van der Waals surface area contributed by atoms with Crippen molar-refractivity contribution in [3.63, 3.8) is 0 Å². The van der Waals surface area contributed by atoms with Crippen molar-refractivity contribution >= 4 is 35.6 Å². The topological polar surface area (TPSA) is 97.3 Å². The molecule has 190 valence electrons. The number of amidine groups is 1. The number of nitrogens with zero attached hydrogens (tertiary/aromatic N) is 2. The van der Waals surface area contributed by atoms with Gasteiger partial charge in [0, 0.05) is 30.6 Å². The summed E-state index contributed by atoms with van der Waals surface area (Å²) in [5.41, 5.74) is 1.39. The molecule has 35 heavy (non-hydrogen) atoms. The number of amides is 2. The Morgan fingerprint density at radius 3 is 2.31 bits per heavy atom. The summed E-state index contributed by atoms with van der Waals surface area (Å²) in [7, 11) is 1.39. The van der Waals surface area contributed by atoms with Crippen LogP contribution in [-0.2, 0) is 24.5 Å². The Labute approximate surface area is 207 Å². The molecule has 1 N–H and O–H groups in total. The van der Waals surface area contributed by atoms with Crippen molar-refractivity contribution < 1.29 is 23.9 Å². The standard InChI is InChI=1S/C27H37N3O5/c1-7-13-30(14-8-2)23(31)19-15-18-9-10-20(27(11-12-27)24(32)34-6)17-21(18)28-22(16-19)29-25(33)35-26(3,4)5/h9-10,15,17H,7-8,11-14,16H2,1-6H3,(H,28,29,33). The predicted molar refractivity (Wildman–Crippen MR) is 136 cm³/mol. The van der Waals surface area contributed by atoms with Crippen LogP contribution < -0.4 is 5.32 Å². The Balaban J connectivity index is 2.02. The van der Waals surface area contributed by atoms with Crippen molar-refractivity contribution in [2.75, 3.05) is 20.2 Å². The van der Waals surface area contributed by atoms with Crippen molar-refractivity contribution in [2.45, 2.75) is 77.7 Å². The predicted octanol–water partition coefficient (Wildman–Crippen LogP) is 4.88. The average Bonchev–Trinajstić information content (AvgIpc) is 3.60. The quantitative estimate of drug-likeness (QED) is 0.558. The summed E-state index contributed by atoms with van der Waals surface area (Å²) in [4.78, 5) is 45.0. The molecule has 1 aliphatic carbocycles. The first kappa shape index (κ1) is 26.4. The van der Waals surface area contributed by atoms with E-state index < -0.39 is 17.1 Å². The van der Waals surface area contributed by atoms with E-state index in [2.05, 4.69) is 5.32 Å². The monoisotopic (exact) mass is 483 g/mol. The zero-order chi connectivity index (χ0) is 25.8. The highest BCUT2D eigenvalue weighted by molar-refractivity contribution is 6.08. The lowest BCUT2D eigenvalue weighted by molar-refractivity contribution is -0.143. The minimum atomic E-state index is -0.674. The third kappa shape index (κ3) is 6.29. The van der Waals surface area contributed by atoms with Crippen LogP contribution >= 0.6 is 0 Å². The zero-order valence-electron chi connectivity index (χ0n) is 21.7. The first-order chi connectivity index (χ1) is 16.5. The second-order valence-electron chi connectivity index (χ2n) is 10.2. The van der Waals surface area contributed by atoms with Gasteiger partial charge in [-0.2, -0.15) is 0 Å². The van der Waals surface area contributed by atoms with Gasteiger partial charge in [-0.25, -0.2) is 9.79 Å². The molecule has 1 aromatic carbocycles. The van der Waals surface area contributed by atoms with E-state index in [4.69, 9.17) is 14.5 Å². The lowest BCUT2D eigenvalue weighted by atomic mass is 9.93. The molecule has 0 saturated heterocycles. The number of esters is 1. The number of hydrogen-bond donors (Lipinski definition) is 1. The number of hydrogen-bond acceptors (Lipinski definition) is 6. The maximum absolute atomic E-state index is 13.5. The molecule has 0 unspecified atom stereocenters. The van der Waals surface area contributed by atoms with Crippen molar-refractivity contribution in [2.24, 2.45) is 4.99 Å². The molecule has 8 nitrogen and oxygen atoms in total. The third-order valence-corrected chi connectivity index (χ3v) is 6.05. The van der Waals surface area contributed by atoms with E-state index in [0.717, 1.165) is 24.0 Å². The van der Waals surface area contributed by atoms with Gasteiger partial charge < -0.3 is 14.4 Å². The van der Waals surface area contributed by atoms with Gasteiger partial charge in [-0.1, -0.05) is 26.0 Å². The normalized spacial score (nSPS) is 16.2. The van der Waals surface area contributed by atoms with E-state index in [1.807, 2.05) is 43.0 Å². The summed E-state index contributed by atoms with van der Waals surface area (Å²) in [5, 5.41) is 2.74. The number of benzene rings is 1. The Hall–Kier alpha value is -3.16. The van der Waals surface area contributed by atoms with E-state index in [1.165, 1.54) is 7.11 Å². The van der Waals surface area contributed by atoms with Crippen LogP contribution in [0, 0.1) is 0 Å². The highest BCUT2D eigenvalue weighted by atomic mass is 16.6. The molecule has 0 spiro atoms. The first-order valence-electron chi connectivity index (χ1n) is 12.3. The highest BCUT2D eigenvalue weighted by Crippen LogP contribution is 2.50. The molecule has 1 saturated carbocycles. The number of nitrogens with one attached hydrogen (secondary N) is 1. The summed E-state index contributed by atoms with van der Waals surface area (Å²) in [5.74, 6) is -0.00788. The van der Waals surface area contributed by atoms with Gasteiger partial charge in [-0.15, -0.1) is 0 Å². The Kier molecular flexibility index (Phi) is 8.03. The van der Waals surface area contributed by atoms with Gasteiger partial charge in [0.25, 0.3) is 0 Å². The fourth-order valence-corrected chi connectivity index (χ4v) is 4.28. The van der Waals surface area contributed by atoms with Gasteiger partial charge in [0.05, 0.1) is 18.2 Å². The van der Waals surface area contributed by atoms with Crippen molar-refractivity contribution in [1.29, 1.82) is 0 Å². The molecular weight excluding hydrogens is 446 g/mol. The second-order valence-corrected chi connectivity index (χ2v) is 10.2. The van der Waals surface area contributed by atoms with Crippen molar-refractivity contribution in [3.05, 3.63) is 34.9 Å². The van der Waals surface area contributed by atoms with E-state index >= 15 is 0 Å². The number of rotatable bonds is 7. The van der Waals surface area contributed by atoms with Crippen molar-refractivity contribution in [1.82, 2.24) is 10.2 Å². The summed E-state index contributed by atoms with van der Waals surface area (Å²) in [6.07, 6.45) is 4.51. The second kappa shape index (κ2) is 10.6. The minimum absolute atomic E-state index is 0.0717. The van der Waals surface area contributed by atoms with E-state index in [9.17, 15) is 14.4 Å². The SMILES string of the molecule is CCCN(CCC)C(=O)C1=Cc2ccc(C3(C(=O)OC)CC3)cc2N=C(NC(=O)OC(C)(C)C)C1. The van der Waals surface area contributed by atoms with Crippen LogP contribution in [-0.4, -0.2) is 54.5 Å². The van der Waals surface area contributed by atoms with Crippen LogP contribution in [0.25, 0.3) is 6.08 Å². The molecular formula is C27H37N3O5. The Morgan fingerprint density at radius 1 is 1.11 bits per heavy atom. The molecule has 0 radical (unpaired) electrons. The molecule has 0 aromatic heterocycles. The molecule has 1 aromatic rings. The van der Waals surface area contributed by atoms with Gasteiger partial charge in [0.2, 0.25) is 5.91 Å². The van der Waals surface area contributed by atoms with Crippen LogP contribution in [0.3, 0.4) is 0 Å². The number of ether oxygens (including phenoxy) is 2. The van der Waals surface area contributed by atoms with Crippen molar-refractivity contribution in [3.8, 4) is 0 Å². The molecule has 0 atom stereocenters. The summed E-state index contributed by atoms with van der Waals surface area (Å²) in [6, 6.07) is 5.64. The highest BCUT2D eigenvalue weighted by Gasteiger charge is 2.52.